The van der Waals surface area contributed by atoms with Crippen LogP contribution in [0.3, 0.4) is 0 Å². The predicted octanol–water partition coefficient (Wildman–Crippen LogP) is 4.24. The number of nitrogens with zero attached hydrogens (tertiary/aromatic N) is 2. The van der Waals surface area contributed by atoms with Crippen molar-refractivity contribution in [3.8, 4) is 17.2 Å². The molecule has 2 heterocycles. The van der Waals surface area contributed by atoms with Gasteiger partial charge in [-0.1, -0.05) is 11.6 Å². The number of methoxy groups -OCH3 is 2. The molecule has 190 valence electrons. The van der Waals surface area contributed by atoms with Gasteiger partial charge in [0, 0.05) is 31.3 Å². The molecule has 1 amide bonds. The molecule has 1 aromatic heterocycles. The van der Waals surface area contributed by atoms with Crippen LogP contribution < -0.4 is 25.9 Å². The Balaban J connectivity index is 1.55. The minimum atomic E-state index is -0.781. The number of rotatable bonds is 8. The third kappa shape index (κ3) is 5.44. The zero-order valence-electron chi connectivity index (χ0n) is 19.6. The molecule has 36 heavy (non-hydrogen) atoms. The minimum absolute atomic E-state index is 0.118. The smallest absolute Gasteiger partial charge is 0.252 e. The molecule has 0 bridgehead atoms. The summed E-state index contributed by atoms with van der Waals surface area (Å²) in [4.78, 5) is 16.1. The van der Waals surface area contributed by atoms with Crippen molar-refractivity contribution in [3.63, 3.8) is 0 Å². The number of hydrogen-bond donors (Lipinski definition) is 3. The highest BCUT2D eigenvalue weighted by Gasteiger charge is 2.25. The number of thiocarbonyl (C=S) groups is 1. The van der Waals surface area contributed by atoms with Gasteiger partial charge in [0.1, 0.15) is 16.5 Å². The standard InChI is InChI=1S/C24H25ClFN5O4S/c1-33-12-13-4-3-9-31(13)30-24(36)29-16-5-6-19(22(26)21(16)25)35-18-7-8-28-17-11-20(34-2)15(23(27)32)10-14(17)18/h5-8,10-11,13H,3-4,9,12H2,1-2H3,(H2,27,32)(H2,29,30,36). The summed E-state index contributed by atoms with van der Waals surface area (Å²) in [6.07, 6.45) is 3.50. The number of hydrazine groups is 1. The lowest BCUT2D eigenvalue weighted by atomic mass is 10.1. The Kier molecular flexibility index (Phi) is 8.04. The average molecular weight is 534 g/mol. The largest absolute Gasteiger partial charge is 0.496 e. The van der Waals surface area contributed by atoms with Gasteiger partial charge in [0.05, 0.1) is 36.5 Å². The van der Waals surface area contributed by atoms with Crippen LogP contribution in [0.1, 0.15) is 23.2 Å². The quantitative estimate of drug-likeness (QED) is 0.366. The molecule has 1 atom stereocenters. The Morgan fingerprint density at radius 1 is 1.28 bits per heavy atom. The monoisotopic (exact) mass is 533 g/mol. The first-order valence-corrected chi connectivity index (χ1v) is 11.9. The normalized spacial score (nSPS) is 15.6. The summed E-state index contributed by atoms with van der Waals surface area (Å²) in [7, 11) is 3.08. The summed E-state index contributed by atoms with van der Waals surface area (Å²) >= 11 is 11.7. The molecule has 3 aromatic rings. The van der Waals surface area contributed by atoms with Crippen molar-refractivity contribution in [3.05, 3.63) is 52.9 Å². The van der Waals surface area contributed by atoms with E-state index in [9.17, 15) is 4.79 Å². The number of nitrogens with two attached hydrogens (primary N) is 1. The SMILES string of the molecule is COCC1CCCN1NC(=S)Nc1ccc(Oc2ccnc3cc(OC)c(C(N)=O)cc23)c(F)c1Cl. The van der Waals surface area contributed by atoms with Crippen molar-refractivity contribution < 1.29 is 23.4 Å². The summed E-state index contributed by atoms with van der Waals surface area (Å²) in [6.45, 7) is 1.39. The summed E-state index contributed by atoms with van der Waals surface area (Å²) in [5.74, 6) is -1.04. The molecule has 2 aromatic carbocycles. The average Bonchev–Trinajstić information content (AvgIpc) is 3.29. The van der Waals surface area contributed by atoms with Crippen molar-refractivity contribution in [2.45, 2.75) is 18.9 Å². The number of carbonyl (C=O) groups is 1. The van der Waals surface area contributed by atoms with Gasteiger partial charge >= 0.3 is 0 Å². The fourth-order valence-corrected chi connectivity index (χ4v) is 4.48. The molecule has 9 nitrogen and oxygen atoms in total. The maximum absolute atomic E-state index is 15.2. The zero-order valence-corrected chi connectivity index (χ0v) is 21.2. The fourth-order valence-electron chi connectivity index (χ4n) is 4.05. The molecule has 1 saturated heterocycles. The molecule has 1 unspecified atom stereocenters. The maximum atomic E-state index is 15.2. The molecule has 1 aliphatic rings. The second-order valence-corrected chi connectivity index (χ2v) is 8.88. The number of hydrogen-bond acceptors (Lipinski definition) is 7. The van der Waals surface area contributed by atoms with E-state index in [4.69, 9.17) is 43.8 Å². The third-order valence-electron chi connectivity index (χ3n) is 5.78. The van der Waals surface area contributed by atoms with Gasteiger partial charge in [-0.2, -0.15) is 0 Å². The highest BCUT2D eigenvalue weighted by atomic mass is 35.5. The zero-order chi connectivity index (χ0) is 25.8. The van der Waals surface area contributed by atoms with Gasteiger partial charge in [-0.3, -0.25) is 15.2 Å². The molecular weight excluding hydrogens is 509 g/mol. The lowest BCUT2D eigenvalue weighted by Crippen LogP contribution is -2.48. The molecular formula is C24H25ClFN5O4S. The molecule has 12 heteroatoms. The molecule has 0 radical (unpaired) electrons. The van der Waals surface area contributed by atoms with Crippen LogP contribution in [0.25, 0.3) is 10.9 Å². The second kappa shape index (κ2) is 11.2. The Morgan fingerprint density at radius 3 is 2.81 bits per heavy atom. The number of aromatic nitrogens is 1. The van der Waals surface area contributed by atoms with E-state index in [-0.39, 0.29) is 44.7 Å². The number of fused-ring (bicyclic) bond motifs is 1. The number of nitrogens with one attached hydrogen (secondary N) is 2. The Labute approximate surface area is 217 Å². The van der Waals surface area contributed by atoms with Crippen LogP contribution in [-0.4, -0.2) is 54.4 Å². The molecule has 0 spiro atoms. The van der Waals surface area contributed by atoms with Crippen LogP contribution in [0.15, 0.2) is 36.5 Å². The summed E-state index contributed by atoms with van der Waals surface area (Å²) < 4.78 is 31.5. The van der Waals surface area contributed by atoms with Gasteiger partial charge in [0.2, 0.25) is 0 Å². The van der Waals surface area contributed by atoms with E-state index in [1.807, 2.05) is 5.01 Å². The molecule has 4 rings (SSSR count). The minimum Gasteiger partial charge on any atom is -0.496 e. The Hall–Kier alpha value is -3.25. The van der Waals surface area contributed by atoms with Gasteiger partial charge in [0.15, 0.2) is 16.7 Å². The van der Waals surface area contributed by atoms with E-state index in [1.54, 1.807) is 25.3 Å². The van der Waals surface area contributed by atoms with Gasteiger partial charge in [-0.05, 0) is 49.3 Å². The van der Waals surface area contributed by atoms with Crippen LogP contribution >= 0.6 is 23.8 Å². The van der Waals surface area contributed by atoms with Crippen LogP contribution in [0.5, 0.6) is 17.2 Å². The number of ether oxygens (including phenoxy) is 3. The van der Waals surface area contributed by atoms with Gasteiger partial charge in [-0.15, -0.1) is 0 Å². The van der Waals surface area contributed by atoms with E-state index in [2.05, 4.69) is 15.7 Å². The fraction of sp³-hybridized carbons (Fsp3) is 0.292. The first-order chi connectivity index (χ1) is 17.3. The molecule has 0 aliphatic carbocycles. The van der Waals surface area contributed by atoms with Gasteiger partial charge in [-0.25, -0.2) is 9.40 Å². The van der Waals surface area contributed by atoms with Crippen molar-refractivity contribution in [2.75, 3.05) is 32.7 Å². The number of halogens is 2. The van der Waals surface area contributed by atoms with Gasteiger partial charge < -0.3 is 25.3 Å². The number of carbonyl (C=O) groups excluding carboxylic acids is 1. The second-order valence-electron chi connectivity index (χ2n) is 8.09. The first-order valence-electron chi connectivity index (χ1n) is 11.1. The predicted molar refractivity (Wildman–Crippen MR) is 139 cm³/mol. The summed E-state index contributed by atoms with van der Waals surface area (Å²) in [5.41, 5.74) is 9.48. The van der Waals surface area contributed by atoms with E-state index < -0.39 is 11.7 Å². The molecule has 0 saturated carbocycles. The topological polar surface area (TPSA) is 111 Å². The highest BCUT2D eigenvalue weighted by molar-refractivity contribution is 7.80. The van der Waals surface area contributed by atoms with E-state index in [0.717, 1.165) is 19.4 Å². The summed E-state index contributed by atoms with van der Waals surface area (Å²) in [6, 6.07) is 7.79. The number of primary amides is 1. The number of benzene rings is 2. The van der Waals surface area contributed by atoms with E-state index in [1.165, 1.54) is 25.4 Å². The number of pyridine rings is 1. The number of amides is 1. The van der Waals surface area contributed by atoms with Crippen molar-refractivity contribution in [1.82, 2.24) is 15.4 Å². The molecule has 4 N–H and O–H groups in total. The lowest BCUT2D eigenvalue weighted by molar-refractivity contribution is 0.0997. The Morgan fingerprint density at radius 2 is 2.08 bits per heavy atom. The number of anilines is 1. The Bertz CT molecular complexity index is 1310. The lowest BCUT2D eigenvalue weighted by Gasteiger charge is -2.26. The van der Waals surface area contributed by atoms with Crippen LogP contribution in [0, 0.1) is 5.82 Å². The van der Waals surface area contributed by atoms with Crippen LogP contribution in [0.4, 0.5) is 10.1 Å². The van der Waals surface area contributed by atoms with E-state index >= 15 is 4.39 Å². The third-order valence-corrected chi connectivity index (χ3v) is 6.35. The highest BCUT2D eigenvalue weighted by Crippen LogP contribution is 2.37. The van der Waals surface area contributed by atoms with Crippen molar-refractivity contribution in [2.24, 2.45) is 5.73 Å². The van der Waals surface area contributed by atoms with Crippen molar-refractivity contribution >= 4 is 51.4 Å². The van der Waals surface area contributed by atoms with Gasteiger partial charge in [0.25, 0.3) is 5.91 Å². The summed E-state index contributed by atoms with van der Waals surface area (Å²) in [5, 5.41) is 5.46. The molecule has 1 aliphatic heterocycles. The van der Waals surface area contributed by atoms with Crippen molar-refractivity contribution in [1.29, 1.82) is 0 Å². The maximum Gasteiger partial charge on any atom is 0.252 e. The first kappa shape index (κ1) is 25.8. The molecule has 1 fully saturated rings. The van der Waals surface area contributed by atoms with E-state index in [0.29, 0.717) is 17.5 Å². The van der Waals surface area contributed by atoms with Crippen LogP contribution in [-0.2, 0) is 4.74 Å². The van der Waals surface area contributed by atoms with Crippen LogP contribution in [0.2, 0.25) is 5.02 Å².